The number of ether oxygens (including phenoxy) is 1. The first-order chi connectivity index (χ1) is 9.73. The van der Waals surface area contributed by atoms with Gasteiger partial charge in [-0.3, -0.25) is 0 Å². The molecule has 116 valence electrons. The molecule has 0 radical (unpaired) electrons. The maximum Gasteiger partial charge on any atom is 0.244 e. The molecule has 1 aliphatic heterocycles. The molecule has 0 saturated carbocycles. The third-order valence-electron chi connectivity index (χ3n) is 3.35. The summed E-state index contributed by atoms with van der Waals surface area (Å²) in [4.78, 5) is 0.235. The number of sulfonamides is 1. The van der Waals surface area contributed by atoms with Crippen LogP contribution >= 0.6 is 23.8 Å². The number of nitrogens with zero attached hydrogens (tertiary/aromatic N) is 1. The molecule has 0 spiro atoms. The van der Waals surface area contributed by atoms with Crippen LogP contribution in [0, 0.1) is 0 Å². The minimum absolute atomic E-state index is 0.0603. The van der Waals surface area contributed by atoms with Crippen LogP contribution in [0.5, 0.6) is 0 Å². The van der Waals surface area contributed by atoms with Gasteiger partial charge in [-0.25, -0.2) is 8.42 Å². The van der Waals surface area contributed by atoms with Crippen LogP contribution in [-0.2, 0) is 14.8 Å². The van der Waals surface area contributed by atoms with Crippen molar-refractivity contribution in [3.05, 3.63) is 28.8 Å². The van der Waals surface area contributed by atoms with Crippen molar-refractivity contribution in [2.24, 2.45) is 5.73 Å². The van der Waals surface area contributed by atoms with E-state index < -0.39 is 10.0 Å². The Kier molecular flexibility index (Phi) is 4.89. The Balaban J connectivity index is 2.41. The molecule has 0 amide bonds. The molecule has 0 bridgehead atoms. The highest BCUT2D eigenvalue weighted by Gasteiger charge is 2.35. The Morgan fingerprint density at radius 3 is 2.71 bits per heavy atom. The number of nitrogens with two attached hydrogens (primary N) is 1. The van der Waals surface area contributed by atoms with E-state index in [2.05, 4.69) is 0 Å². The summed E-state index contributed by atoms with van der Waals surface area (Å²) in [5.74, 6) is 0. The average Bonchev–Trinajstić information content (AvgIpc) is 2.40. The van der Waals surface area contributed by atoms with E-state index in [1.807, 2.05) is 6.92 Å². The topological polar surface area (TPSA) is 72.6 Å². The lowest BCUT2D eigenvalue weighted by atomic mass is 10.2. The number of hydrogen-bond donors (Lipinski definition) is 1. The Hall–Kier alpha value is -0.730. The van der Waals surface area contributed by atoms with Crippen LogP contribution in [0.1, 0.15) is 19.4 Å². The fourth-order valence-corrected chi connectivity index (χ4v) is 4.54. The highest BCUT2D eigenvalue weighted by Crippen LogP contribution is 2.28. The summed E-state index contributed by atoms with van der Waals surface area (Å²) in [6, 6.07) is 4.25. The highest BCUT2D eigenvalue weighted by molar-refractivity contribution is 7.89. The summed E-state index contributed by atoms with van der Waals surface area (Å²) < 4.78 is 32.4. The molecule has 1 aliphatic rings. The predicted molar refractivity (Wildman–Crippen MR) is 86.1 cm³/mol. The van der Waals surface area contributed by atoms with Gasteiger partial charge in [-0.15, -0.1) is 0 Å². The highest BCUT2D eigenvalue weighted by atomic mass is 35.5. The second kappa shape index (κ2) is 6.18. The molecule has 2 rings (SSSR count). The molecule has 21 heavy (non-hydrogen) atoms. The normalized spacial score (nSPS) is 24.0. The molecule has 8 heteroatoms. The first-order valence-corrected chi connectivity index (χ1v) is 8.69. The SMILES string of the molecule is CC1CN(S(=O)(=O)c2ccc(C(N)=S)cc2Cl)C(C)CO1. The molecule has 0 aromatic heterocycles. The number of thiocarbonyl (C=S) groups is 1. The van der Waals surface area contributed by atoms with Crippen LogP contribution < -0.4 is 5.73 Å². The second-order valence-electron chi connectivity index (χ2n) is 5.08. The third kappa shape index (κ3) is 3.37. The Morgan fingerprint density at radius 1 is 1.48 bits per heavy atom. The van der Waals surface area contributed by atoms with Crippen molar-refractivity contribution in [3.63, 3.8) is 0 Å². The summed E-state index contributed by atoms with van der Waals surface area (Å²) in [7, 11) is -3.68. The number of rotatable bonds is 3. The van der Waals surface area contributed by atoms with E-state index in [1.165, 1.54) is 16.4 Å². The first-order valence-electron chi connectivity index (χ1n) is 6.46. The van der Waals surface area contributed by atoms with E-state index in [4.69, 9.17) is 34.3 Å². The van der Waals surface area contributed by atoms with Gasteiger partial charge in [-0.2, -0.15) is 4.31 Å². The Bertz CT molecular complexity index is 663. The van der Waals surface area contributed by atoms with Crippen LogP contribution in [-0.4, -0.2) is 43.0 Å². The standard InChI is InChI=1S/C13H17ClN2O3S2/c1-8-7-19-9(2)6-16(8)21(17,18)12-4-3-10(13(15)20)5-11(12)14/h3-5,8-9H,6-7H2,1-2H3,(H2,15,20). The number of morpholine rings is 1. The van der Waals surface area contributed by atoms with Crippen LogP contribution in [0.4, 0.5) is 0 Å². The smallest absolute Gasteiger partial charge is 0.244 e. The van der Waals surface area contributed by atoms with Crippen LogP contribution in [0.2, 0.25) is 5.02 Å². The Labute approximate surface area is 135 Å². The molecule has 5 nitrogen and oxygen atoms in total. The zero-order valence-corrected chi connectivity index (χ0v) is 14.1. The molecule has 0 aliphatic carbocycles. The summed E-state index contributed by atoms with van der Waals surface area (Å²) in [6.07, 6.45) is -0.148. The lowest BCUT2D eigenvalue weighted by Gasteiger charge is -2.35. The van der Waals surface area contributed by atoms with E-state index in [1.54, 1.807) is 13.0 Å². The van der Waals surface area contributed by atoms with Crippen LogP contribution in [0.25, 0.3) is 0 Å². The summed E-state index contributed by atoms with van der Waals surface area (Å²) in [5.41, 5.74) is 6.06. The fraction of sp³-hybridized carbons (Fsp3) is 0.462. The predicted octanol–water partition coefficient (Wildman–Crippen LogP) is 1.77. The molecule has 1 saturated heterocycles. The lowest BCUT2D eigenvalue weighted by molar-refractivity contribution is -0.0170. The van der Waals surface area contributed by atoms with Crippen molar-refractivity contribution in [2.45, 2.75) is 30.9 Å². The van der Waals surface area contributed by atoms with Gasteiger partial charge in [0.15, 0.2) is 0 Å². The molecule has 2 unspecified atom stereocenters. The van der Waals surface area contributed by atoms with Crippen molar-refractivity contribution < 1.29 is 13.2 Å². The van der Waals surface area contributed by atoms with E-state index in [-0.39, 0.29) is 27.1 Å². The molecular formula is C13H17ClN2O3S2. The molecular weight excluding hydrogens is 332 g/mol. The summed E-state index contributed by atoms with van der Waals surface area (Å²) in [5, 5.41) is 0.117. The van der Waals surface area contributed by atoms with Gasteiger partial charge in [-0.05, 0) is 26.0 Å². The molecule has 2 N–H and O–H groups in total. The maximum atomic E-state index is 12.8. The van der Waals surface area contributed by atoms with Crippen molar-refractivity contribution in [1.82, 2.24) is 4.31 Å². The minimum atomic E-state index is -3.68. The van der Waals surface area contributed by atoms with Gasteiger partial charge in [0.2, 0.25) is 10.0 Å². The number of halogens is 1. The molecule has 1 fully saturated rings. The van der Waals surface area contributed by atoms with Crippen molar-refractivity contribution in [1.29, 1.82) is 0 Å². The fourth-order valence-electron chi connectivity index (χ4n) is 2.20. The van der Waals surface area contributed by atoms with Crippen molar-refractivity contribution in [3.8, 4) is 0 Å². The van der Waals surface area contributed by atoms with E-state index >= 15 is 0 Å². The van der Waals surface area contributed by atoms with Crippen molar-refractivity contribution >= 4 is 38.8 Å². The van der Waals surface area contributed by atoms with E-state index in [9.17, 15) is 8.42 Å². The summed E-state index contributed by atoms with van der Waals surface area (Å²) >= 11 is 11.0. The summed E-state index contributed by atoms with van der Waals surface area (Å²) in [6.45, 7) is 4.31. The zero-order chi connectivity index (χ0) is 15.8. The van der Waals surface area contributed by atoms with Gasteiger partial charge in [0.05, 0.1) is 17.7 Å². The quantitative estimate of drug-likeness (QED) is 0.843. The second-order valence-corrected chi connectivity index (χ2v) is 7.78. The molecule has 1 aromatic rings. The average molecular weight is 349 g/mol. The van der Waals surface area contributed by atoms with Crippen molar-refractivity contribution in [2.75, 3.05) is 13.2 Å². The van der Waals surface area contributed by atoms with Gasteiger partial charge >= 0.3 is 0 Å². The molecule has 1 heterocycles. The van der Waals surface area contributed by atoms with Gasteiger partial charge in [0.25, 0.3) is 0 Å². The largest absolute Gasteiger partial charge is 0.389 e. The zero-order valence-electron chi connectivity index (χ0n) is 11.7. The monoisotopic (exact) mass is 348 g/mol. The third-order valence-corrected chi connectivity index (χ3v) is 6.05. The van der Waals surface area contributed by atoms with Crippen LogP contribution in [0.3, 0.4) is 0 Å². The number of benzene rings is 1. The van der Waals surface area contributed by atoms with E-state index in [0.29, 0.717) is 18.7 Å². The lowest BCUT2D eigenvalue weighted by Crippen LogP contribution is -2.50. The molecule has 1 aromatic carbocycles. The van der Waals surface area contributed by atoms with Gasteiger partial charge in [-0.1, -0.05) is 29.9 Å². The molecule has 2 atom stereocenters. The van der Waals surface area contributed by atoms with Gasteiger partial charge in [0.1, 0.15) is 9.88 Å². The van der Waals surface area contributed by atoms with Gasteiger partial charge < -0.3 is 10.5 Å². The Morgan fingerprint density at radius 2 is 2.14 bits per heavy atom. The van der Waals surface area contributed by atoms with Gasteiger partial charge in [0, 0.05) is 18.2 Å². The number of hydrogen-bond acceptors (Lipinski definition) is 4. The first kappa shape index (κ1) is 16.6. The van der Waals surface area contributed by atoms with Crippen LogP contribution in [0.15, 0.2) is 23.1 Å². The minimum Gasteiger partial charge on any atom is -0.389 e. The maximum absolute atomic E-state index is 12.8. The van der Waals surface area contributed by atoms with E-state index in [0.717, 1.165) is 0 Å².